The number of nitro groups is 1. The Hall–Kier alpha value is -3.22. The Morgan fingerprint density at radius 1 is 1.00 bits per heavy atom. The molecule has 0 spiro atoms. The lowest BCUT2D eigenvalue weighted by Gasteiger charge is -2.16. The van der Waals surface area contributed by atoms with Gasteiger partial charge >= 0.3 is 0 Å². The maximum absolute atomic E-state index is 13.7. The van der Waals surface area contributed by atoms with Crippen LogP contribution in [0.5, 0.6) is 0 Å². The number of carbonyl (C=O) groups excluding carboxylic acids is 1. The number of amides is 1. The van der Waals surface area contributed by atoms with E-state index < -0.39 is 4.92 Å². The van der Waals surface area contributed by atoms with Gasteiger partial charge in [0.15, 0.2) is 9.51 Å². The Kier molecular flexibility index (Phi) is 8.29. The van der Waals surface area contributed by atoms with Gasteiger partial charge in [0.2, 0.25) is 0 Å². The van der Waals surface area contributed by atoms with Crippen molar-refractivity contribution in [1.29, 1.82) is 0 Å². The quantitative estimate of drug-likeness (QED) is 0.120. The number of benzene rings is 3. The fraction of sp³-hybridized carbons (Fsp3) is 0.111. The highest BCUT2D eigenvalue weighted by Crippen LogP contribution is 2.41. The standard InChI is InChI=1S/C27H19Cl2N5O3S3/c1-14-4-7-18(12-20(14)28)30-26-33(19-8-5-15(2)21(29)13-19)25(35)24(39-26)11-17-6-9-23(22(10-17)34(36)37)40-27-32-31-16(3)38-27/h4-13H,1-3H3/b24-11-,30-26?. The van der Waals surface area contributed by atoms with E-state index in [2.05, 4.69) is 10.2 Å². The molecule has 1 aliphatic heterocycles. The Bertz CT molecular complexity index is 1740. The zero-order valence-corrected chi connectivity index (χ0v) is 25.2. The van der Waals surface area contributed by atoms with Crippen LogP contribution in [-0.4, -0.2) is 26.2 Å². The van der Waals surface area contributed by atoms with Crippen LogP contribution in [-0.2, 0) is 4.79 Å². The smallest absolute Gasteiger partial charge is 0.268 e. The van der Waals surface area contributed by atoms with E-state index in [-0.39, 0.29) is 11.6 Å². The number of thioether (sulfide) groups is 1. The van der Waals surface area contributed by atoms with E-state index in [1.54, 1.807) is 36.4 Å². The summed E-state index contributed by atoms with van der Waals surface area (Å²) in [5, 5.41) is 22.2. The van der Waals surface area contributed by atoms with E-state index in [1.807, 2.05) is 39.0 Å². The molecule has 0 saturated carbocycles. The molecule has 0 radical (unpaired) electrons. The fourth-order valence-corrected chi connectivity index (χ4v) is 6.89. The summed E-state index contributed by atoms with van der Waals surface area (Å²) in [6.45, 7) is 5.59. The zero-order valence-electron chi connectivity index (χ0n) is 21.2. The number of rotatable bonds is 6. The average Bonchev–Trinajstić information content (AvgIpc) is 3.45. The van der Waals surface area contributed by atoms with Gasteiger partial charge in [-0.3, -0.25) is 19.8 Å². The molecule has 1 aromatic heterocycles. The molecule has 1 saturated heterocycles. The number of halogens is 2. The zero-order chi connectivity index (χ0) is 28.6. The summed E-state index contributed by atoms with van der Waals surface area (Å²) in [6, 6.07) is 15.6. The van der Waals surface area contributed by atoms with Crippen LogP contribution in [0.2, 0.25) is 10.0 Å². The highest BCUT2D eigenvalue weighted by atomic mass is 35.5. The van der Waals surface area contributed by atoms with Crippen molar-refractivity contribution in [3.63, 3.8) is 0 Å². The highest BCUT2D eigenvalue weighted by Gasteiger charge is 2.35. The van der Waals surface area contributed by atoms with Gasteiger partial charge in [-0.1, -0.05) is 64.5 Å². The second kappa shape index (κ2) is 11.7. The first kappa shape index (κ1) is 28.3. The van der Waals surface area contributed by atoms with Crippen molar-refractivity contribution in [1.82, 2.24) is 10.2 Å². The van der Waals surface area contributed by atoms with Gasteiger partial charge < -0.3 is 0 Å². The number of nitro benzene ring substituents is 1. The van der Waals surface area contributed by atoms with Crippen molar-refractivity contribution in [3.05, 3.63) is 101 Å². The van der Waals surface area contributed by atoms with E-state index in [4.69, 9.17) is 28.2 Å². The number of aromatic nitrogens is 2. The van der Waals surface area contributed by atoms with Crippen LogP contribution in [0, 0.1) is 30.9 Å². The first-order valence-corrected chi connectivity index (χ1v) is 14.9. The van der Waals surface area contributed by atoms with E-state index >= 15 is 0 Å². The second-order valence-corrected chi connectivity index (χ2v) is 13.0. The molecule has 0 bridgehead atoms. The van der Waals surface area contributed by atoms with Crippen molar-refractivity contribution >= 4 is 92.3 Å². The fourth-order valence-electron chi connectivity index (χ4n) is 3.68. The van der Waals surface area contributed by atoms with Gasteiger partial charge in [-0.05, 0) is 85.6 Å². The minimum absolute atomic E-state index is 0.0898. The van der Waals surface area contributed by atoms with Gasteiger partial charge in [0.05, 0.1) is 26.1 Å². The molecule has 8 nitrogen and oxygen atoms in total. The molecule has 0 unspecified atom stereocenters. The number of anilines is 1. The van der Waals surface area contributed by atoms with Crippen molar-refractivity contribution in [2.75, 3.05) is 4.90 Å². The summed E-state index contributed by atoms with van der Waals surface area (Å²) in [5.41, 5.74) is 3.33. The van der Waals surface area contributed by atoms with Crippen LogP contribution in [0.1, 0.15) is 21.7 Å². The third-order valence-corrected chi connectivity index (χ3v) is 9.52. The summed E-state index contributed by atoms with van der Waals surface area (Å²) < 4.78 is 0.609. The summed E-state index contributed by atoms with van der Waals surface area (Å²) in [7, 11) is 0. The molecular formula is C27H19Cl2N5O3S3. The van der Waals surface area contributed by atoms with Gasteiger partial charge in [0.1, 0.15) is 5.01 Å². The molecule has 202 valence electrons. The first-order chi connectivity index (χ1) is 19.1. The monoisotopic (exact) mass is 627 g/mol. The van der Waals surface area contributed by atoms with Crippen molar-refractivity contribution < 1.29 is 9.72 Å². The number of carbonyl (C=O) groups is 1. The molecule has 0 atom stereocenters. The minimum Gasteiger partial charge on any atom is -0.268 e. The average molecular weight is 629 g/mol. The van der Waals surface area contributed by atoms with Crippen LogP contribution in [0.15, 0.2) is 73.7 Å². The third kappa shape index (κ3) is 6.08. The molecule has 1 amide bonds. The van der Waals surface area contributed by atoms with E-state index in [9.17, 15) is 14.9 Å². The Morgan fingerprint density at radius 2 is 1.73 bits per heavy atom. The van der Waals surface area contributed by atoms with Crippen LogP contribution in [0.25, 0.3) is 6.08 Å². The van der Waals surface area contributed by atoms with Gasteiger partial charge in [0.25, 0.3) is 11.6 Å². The molecule has 0 aliphatic carbocycles. The second-order valence-electron chi connectivity index (χ2n) is 8.69. The molecule has 40 heavy (non-hydrogen) atoms. The number of hydrogen-bond acceptors (Lipinski definition) is 9. The molecule has 3 aromatic carbocycles. The Morgan fingerprint density at radius 3 is 2.38 bits per heavy atom. The number of hydrogen-bond donors (Lipinski definition) is 0. The summed E-state index contributed by atoms with van der Waals surface area (Å²) >= 11 is 16.4. The number of nitrogens with zero attached hydrogens (tertiary/aromatic N) is 5. The topological polar surface area (TPSA) is 102 Å². The molecule has 0 N–H and O–H groups in total. The molecule has 5 rings (SSSR count). The largest absolute Gasteiger partial charge is 0.283 e. The lowest BCUT2D eigenvalue weighted by Crippen LogP contribution is -2.28. The Labute approximate surface area is 252 Å². The molecule has 1 fully saturated rings. The van der Waals surface area contributed by atoms with Gasteiger partial charge in [-0.25, -0.2) is 4.99 Å². The maximum Gasteiger partial charge on any atom is 0.283 e. The van der Waals surface area contributed by atoms with Crippen LogP contribution in [0.4, 0.5) is 17.1 Å². The lowest BCUT2D eigenvalue weighted by molar-refractivity contribution is -0.387. The van der Waals surface area contributed by atoms with Gasteiger partial charge in [0, 0.05) is 16.1 Å². The van der Waals surface area contributed by atoms with Gasteiger partial charge in [-0.15, -0.1) is 10.2 Å². The van der Waals surface area contributed by atoms with Crippen LogP contribution < -0.4 is 4.90 Å². The maximum atomic E-state index is 13.7. The molecule has 2 heterocycles. The van der Waals surface area contributed by atoms with Crippen molar-refractivity contribution in [2.45, 2.75) is 30.0 Å². The minimum atomic E-state index is -0.448. The van der Waals surface area contributed by atoms with Crippen LogP contribution in [0.3, 0.4) is 0 Å². The lowest BCUT2D eigenvalue weighted by atomic mass is 10.1. The molecule has 13 heteroatoms. The summed E-state index contributed by atoms with van der Waals surface area (Å²) in [4.78, 5) is 32.1. The number of amidine groups is 1. The molecule has 1 aliphatic rings. The van der Waals surface area contributed by atoms with Crippen LogP contribution >= 0.6 is 58.1 Å². The van der Waals surface area contributed by atoms with Crippen molar-refractivity contribution in [3.8, 4) is 0 Å². The van der Waals surface area contributed by atoms with E-state index in [0.717, 1.165) is 27.9 Å². The Balaban J connectivity index is 1.54. The predicted octanol–water partition coefficient (Wildman–Crippen LogP) is 8.64. The third-order valence-electron chi connectivity index (χ3n) is 5.78. The summed E-state index contributed by atoms with van der Waals surface area (Å²) in [6.07, 6.45) is 1.62. The van der Waals surface area contributed by atoms with Gasteiger partial charge in [-0.2, -0.15) is 0 Å². The SMILES string of the molecule is Cc1nnc(Sc2ccc(/C=C3\SC(=Nc4ccc(C)c(Cl)c4)N(c4ccc(C)c(Cl)c4)C3=O)cc2[N+](=O)[O-])s1. The molecular weight excluding hydrogens is 609 g/mol. The van der Waals surface area contributed by atoms with E-state index in [1.165, 1.54) is 34.1 Å². The summed E-state index contributed by atoms with van der Waals surface area (Å²) in [5.74, 6) is -0.327. The number of aryl methyl sites for hydroxylation is 3. The van der Waals surface area contributed by atoms with E-state index in [0.29, 0.717) is 46.3 Å². The predicted molar refractivity (Wildman–Crippen MR) is 164 cm³/mol. The van der Waals surface area contributed by atoms with Crippen molar-refractivity contribution in [2.24, 2.45) is 4.99 Å². The molecule has 4 aromatic rings. The normalized spacial score (nSPS) is 15.4. The first-order valence-electron chi connectivity index (χ1n) is 11.7. The highest BCUT2D eigenvalue weighted by molar-refractivity contribution is 8.19. The number of aliphatic imine (C=N–C) groups is 1.